The molecule has 72 valence electrons. The van der Waals surface area contributed by atoms with Crippen LogP contribution in [0.5, 0.6) is 0 Å². The summed E-state index contributed by atoms with van der Waals surface area (Å²) in [5, 5.41) is 27.4. The van der Waals surface area contributed by atoms with Crippen molar-refractivity contribution in [2.75, 3.05) is 6.61 Å². The molecular weight excluding hydrogens is 162 g/mol. The molecule has 5 heteroatoms. The predicted octanol–water partition coefficient (Wildman–Crippen LogP) is -2.18. The van der Waals surface area contributed by atoms with Crippen molar-refractivity contribution in [3.8, 4) is 0 Å². The second-order valence-electron chi connectivity index (χ2n) is 3.12. The van der Waals surface area contributed by atoms with Crippen molar-refractivity contribution in [2.45, 2.75) is 37.4 Å². The highest BCUT2D eigenvalue weighted by Gasteiger charge is 2.39. The van der Waals surface area contributed by atoms with Gasteiger partial charge in [-0.25, -0.2) is 0 Å². The predicted molar refractivity (Wildman–Crippen MR) is 41.4 cm³/mol. The van der Waals surface area contributed by atoms with Crippen LogP contribution >= 0.6 is 0 Å². The van der Waals surface area contributed by atoms with E-state index in [1.54, 1.807) is 6.92 Å². The molecule has 5 atom stereocenters. The van der Waals surface area contributed by atoms with Gasteiger partial charge in [-0.15, -0.1) is 0 Å². The van der Waals surface area contributed by atoms with Gasteiger partial charge in [-0.1, -0.05) is 0 Å². The Hall–Kier alpha value is -0.200. The maximum absolute atomic E-state index is 9.35. The average Bonchev–Trinajstić information content (AvgIpc) is 2.08. The fraction of sp³-hybridized carbons (Fsp3) is 1.00. The highest BCUT2D eigenvalue weighted by Crippen LogP contribution is 2.18. The Morgan fingerprint density at radius 2 is 1.92 bits per heavy atom. The Bertz CT molecular complexity index is 150. The fourth-order valence-electron chi connectivity index (χ4n) is 1.34. The van der Waals surface area contributed by atoms with E-state index in [1.807, 2.05) is 0 Å². The quantitative estimate of drug-likeness (QED) is 0.365. The lowest BCUT2D eigenvalue weighted by Gasteiger charge is -2.39. The van der Waals surface area contributed by atoms with E-state index in [9.17, 15) is 10.2 Å². The molecule has 0 spiro atoms. The van der Waals surface area contributed by atoms with Crippen LogP contribution < -0.4 is 5.73 Å². The van der Waals surface area contributed by atoms with Crippen LogP contribution in [-0.2, 0) is 4.74 Å². The summed E-state index contributed by atoms with van der Waals surface area (Å²) in [5.41, 5.74) is 5.49. The van der Waals surface area contributed by atoms with E-state index >= 15 is 0 Å². The van der Waals surface area contributed by atoms with Gasteiger partial charge in [0.1, 0.15) is 12.2 Å². The maximum Gasteiger partial charge on any atom is 0.107 e. The topological polar surface area (TPSA) is 95.9 Å². The summed E-state index contributed by atoms with van der Waals surface area (Å²) in [4.78, 5) is 0. The molecule has 5 nitrogen and oxygen atoms in total. The summed E-state index contributed by atoms with van der Waals surface area (Å²) in [6.07, 6.45) is -3.07. The van der Waals surface area contributed by atoms with E-state index in [0.717, 1.165) is 0 Å². The van der Waals surface area contributed by atoms with Crippen molar-refractivity contribution in [1.82, 2.24) is 0 Å². The normalized spacial score (nSPS) is 49.2. The average molecular weight is 177 g/mol. The molecule has 0 aliphatic carbocycles. The van der Waals surface area contributed by atoms with Crippen LogP contribution in [0.2, 0.25) is 0 Å². The van der Waals surface area contributed by atoms with Crippen LogP contribution in [0.4, 0.5) is 0 Å². The summed E-state index contributed by atoms with van der Waals surface area (Å²) >= 11 is 0. The van der Waals surface area contributed by atoms with Gasteiger partial charge in [0.2, 0.25) is 0 Å². The number of ether oxygens (including phenoxy) is 1. The molecule has 0 saturated carbocycles. The summed E-state index contributed by atoms with van der Waals surface area (Å²) in [6, 6.07) is -0.721. The molecule has 0 bridgehead atoms. The van der Waals surface area contributed by atoms with E-state index in [0.29, 0.717) is 0 Å². The zero-order chi connectivity index (χ0) is 9.30. The van der Waals surface area contributed by atoms with Crippen LogP contribution in [0.3, 0.4) is 0 Å². The van der Waals surface area contributed by atoms with Gasteiger partial charge in [0.15, 0.2) is 0 Å². The standard InChI is InChI=1S/C7H15NO4/c1-3-6(10)7(11)5(8)4(2-9)12-3/h3-7,9-11H,2,8H2,1H3. The van der Waals surface area contributed by atoms with Gasteiger partial charge in [-0.05, 0) is 6.92 Å². The van der Waals surface area contributed by atoms with E-state index in [-0.39, 0.29) is 6.61 Å². The Kier molecular flexibility index (Phi) is 3.03. The molecule has 1 heterocycles. The minimum absolute atomic E-state index is 0.241. The molecule has 0 aromatic heterocycles. The van der Waals surface area contributed by atoms with Crippen LogP contribution in [-0.4, -0.2) is 52.4 Å². The smallest absolute Gasteiger partial charge is 0.107 e. The Morgan fingerprint density at radius 3 is 2.42 bits per heavy atom. The molecule has 0 aromatic carbocycles. The summed E-state index contributed by atoms with van der Waals surface area (Å²) in [7, 11) is 0. The van der Waals surface area contributed by atoms with Crippen molar-refractivity contribution < 1.29 is 20.1 Å². The highest BCUT2D eigenvalue weighted by molar-refractivity contribution is 4.92. The zero-order valence-corrected chi connectivity index (χ0v) is 6.92. The van der Waals surface area contributed by atoms with Crippen molar-refractivity contribution in [3.63, 3.8) is 0 Å². The summed E-state index contributed by atoms with van der Waals surface area (Å²) < 4.78 is 5.15. The molecular formula is C7H15NO4. The van der Waals surface area contributed by atoms with Crippen molar-refractivity contribution in [3.05, 3.63) is 0 Å². The van der Waals surface area contributed by atoms with Crippen molar-refractivity contribution in [2.24, 2.45) is 5.73 Å². The largest absolute Gasteiger partial charge is 0.394 e. The van der Waals surface area contributed by atoms with Gasteiger partial charge < -0.3 is 25.8 Å². The first-order valence-corrected chi connectivity index (χ1v) is 3.96. The third-order valence-electron chi connectivity index (χ3n) is 2.22. The van der Waals surface area contributed by atoms with Crippen LogP contribution in [0.25, 0.3) is 0 Å². The third-order valence-corrected chi connectivity index (χ3v) is 2.22. The van der Waals surface area contributed by atoms with Gasteiger partial charge in [0.05, 0.1) is 24.9 Å². The lowest BCUT2D eigenvalue weighted by Crippen LogP contribution is -2.61. The van der Waals surface area contributed by atoms with Crippen molar-refractivity contribution in [1.29, 1.82) is 0 Å². The molecule has 0 amide bonds. The molecule has 0 aromatic rings. The Balaban J connectivity index is 2.63. The number of nitrogens with two attached hydrogens (primary N) is 1. The maximum atomic E-state index is 9.35. The molecule has 5 unspecified atom stereocenters. The minimum Gasteiger partial charge on any atom is -0.394 e. The Labute approximate surface area is 70.8 Å². The van der Waals surface area contributed by atoms with Gasteiger partial charge in [-0.3, -0.25) is 0 Å². The van der Waals surface area contributed by atoms with Crippen LogP contribution in [0, 0.1) is 0 Å². The molecule has 1 aliphatic heterocycles. The molecule has 1 rings (SSSR count). The van der Waals surface area contributed by atoms with E-state index in [4.69, 9.17) is 15.6 Å². The van der Waals surface area contributed by atoms with E-state index in [1.165, 1.54) is 0 Å². The monoisotopic (exact) mass is 177 g/mol. The molecule has 5 N–H and O–H groups in total. The third kappa shape index (κ3) is 1.60. The number of rotatable bonds is 1. The number of hydrogen-bond acceptors (Lipinski definition) is 5. The molecule has 0 radical (unpaired) electrons. The second kappa shape index (κ2) is 3.68. The fourth-order valence-corrected chi connectivity index (χ4v) is 1.34. The SMILES string of the molecule is CC1OC(CO)C(N)C(O)C1O. The first-order chi connectivity index (χ1) is 5.57. The van der Waals surface area contributed by atoms with Gasteiger partial charge in [-0.2, -0.15) is 0 Å². The van der Waals surface area contributed by atoms with Crippen LogP contribution in [0.15, 0.2) is 0 Å². The van der Waals surface area contributed by atoms with E-state index < -0.39 is 30.5 Å². The number of aliphatic hydroxyl groups is 3. The lowest BCUT2D eigenvalue weighted by molar-refractivity contribution is -0.180. The zero-order valence-electron chi connectivity index (χ0n) is 6.92. The van der Waals surface area contributed by atoms with Gasteiger partial charge in [0.25, 0.3) is 0 Å². The highest BCUT2D eigenvalue weighted by atomic mass is 16.5. The number of hydrogen-bond donors (Lipinski definition) is 4. The Morgan fingerprint density at radius 1 is 1.33 bits per heavy atom. The lowest BCUT2D eigenvalue weighted by atomic mass is 9.94. The molecule has 1 saturated heterocycles. The first kappa shape index (κ1) is 9.88. The minimum atomic E-state index is -1.02. The second-order valence-corrected chi connectivity index (χ2v) is 3.12. The summed E-state index contributed by atoms with van der Waals surface area (Å²) in [5.74, 6) is 0. The molecule has 1 fully saturated rings. The van der Waals surface area contributed by atoms with E-state index in [2.05, 4.69) is 0 Å². The number of aliphatic hydroxyl groups excluding tert-OH is 3. The van der Waals surface area contributed by atoms with Gasteiger partial charge in [0, 0.05) is 0 Å². The van der Waals surface area contributed by atoms with Gasteiger partial charge >= 0.3 is 0 Å². The first-order valence-electron chi connectivity index (χ1n) is 3.96. The van der Waals surface area contributed by atoms with Crippen LogP contribution in [0.1, 0.15) is 6.92 Å². The van der Waals surface area contributed by atoms with Crippen molar-refractivity contribution >= 4 is 0 Å². The summed E-state index contributed by atoms with van der Waals surface area (Å²) in [6.45, 7) is 1.39. The molecule has 1 aliphatic rings. The molecule has 12 heavy (non-hydrogen) atoms.